The molecule has 0 aromatic rings. The highest BCUT2D eigenvalue weighted by molar-refractivity contribution is 5.76. The Hall–Kier alpha value is -1.92. The monoisotopic (exact) mass is 1220 g/mol. The van der Waals surface area contributed by atoms with Crippen molar-refractivity contribution < 1.29 is 24.5 Å². The minimum Gasteiger partial charge on any atom is -0.466 e. The summed E-state index contributed by atoms with van der Waals surface area (Å²) in [6, 6.07) is -0.627. The molecule has 2 atom stereocenters. The first-order valence-electron chi connectivity index (χ1n) is 39.8. The lowest BCUT2D eigenvalue weighted by Crippen LogP contribution is -2.45. The lowest BCUT2D eigenvalue weighted by molar-refractivity contribution is -0.143. The molecular formula is C81H155NO5. The maximum Gasteiger partial charge on any atom is 0.305 e. The SMILES string of the molecule is CCCCCCCCC/C=C\CCCCCCCC(=O)OCCCCCCCCCCCCCC/C=C\CCCCCCCCCCCCCCCCCCC(=O)NC(CO)C(O)/C=C/CCCCCCCCCCCCCCCCCCCCCC. The molecular weight excluding hydrogens is 1070 g/mol. The van der Waals surface area contributed by atoms with Gasteiger partial charge >= 0.3 is 5.97 Å². The van der Waals surface area contributed by atoms with E-state index in [2.05, 4.69) is 43.5 Å². The molecule has 0 radical (unpaired) electrons. The van der Waals surface area contributed by atoms with E-state index in [-0.39, 0.29) is 18.5 Å². The van der Waals surface area contributed by atoms with Crippen molar-refractivity contribution in [2.75, 3.05) is 13.2 Å². The number of amides is 1. The zero-order valence-corrected chi connectivity index (χ0v) is 59.0. The fourth-order valence-electron chi connectivity index (χ4n) is 12.6. The number of aliphatic hydroxyl groups excluding tert-OH is 2. The quantitative estimate of drug-likeness (QED) is 0.0320. The van der Waals surface area contributed by atoms with E-state index in [1.165, 1.54) is 372 Å². The van der Waals surface area contributed by atoms with Gasteiger partial charge in [0.2, 0.25) is 5.91 Å². The highest BCUT2D eigenvalue weighted by Gasteiger charge is 2.18. The zero-order valence-electron chi connectivity index (χ0n) is 59.0. The number of carbonyl (C=O) groups is 2. The van der Waals surface area contributed by atoms with E-state index >= 15 is 0 Å². The fraction of sp³-hybridized carbons (Fsp3) is 0.901. The van der Waals surface area contributed by atoms with Gasteiger partial charge in [0.05, 0.1) is 25.4 Å². The molecule has 0 aliphatic rings. The smallest absolute Gasteiger partial charge is 0.305 e. The number of rotatable bonds is 75. The number of esters is 1. The van der Waals surface area contributed by atoms with Crippen LogP contribution in [0, 0.1) is 0 Å². The Kier molecular flexibility index (Phi) is 74.8. The van der Waals surface area contributed by atoms with Gasteiger partial charge in [0.15, 0.2) is 0 Å². The van der Waals surface area contributed by atoms with E-state index in [9.17, 15) is 19.8 Å². The molecule has 6 nitrogen and oxygen atoms in total. The van der Waals surface area contributed by atoms with Crippen LogP contribution in [-0.4, -0.2) is 47.4 Å². The fourth-order valence-corrected chi connectivity index (χ4v) is 12.6. The first-order chi connectivity index (χ1) is 43.0. The van der Waals surface area contributed by atoms with Crippen molar-refractivity contribution in [1.29, 1.82) is 0 Å². The average Bonchev–Trinajstić information content (AvgIpc) is 3.53. The molecule has 0 aromatic heterocycles. The predicted molar refractivity (Wildman–Crippen MR) is 384 cm³/mol. The summed E-state index contributed by atoms with van der Waals surface area (Å²) in [6.07, 6.45) is 99.8. The van der Waals surface area contributed by atoms with Gasteiger partial charge in [0.25, 0.3) is 0 Å². The molecule has 0 saturated heterocycles. The van der Waals surface area contributed by atoms with E-state index in [4.69, 9.17) is 4.74 Å². The summed E-state index contributed by atoms with van der Waals surface area (Å²) in [6.45, 7) is 4.95. The second kappa shape index (κ2) is 76.5. The van der Waals surface area contributed by atoms with Crippen molar-refractivity contribution >= 4 is 11.9 Å². The van der Waals surface area contributed by atoms with Crippen LogP contribution in [0.15, 0.2) is 36.5 Å². The number of unbranched alkanes of at least 4 members (excludes halogenated alkanes) is 60. The summed E-state index contributed by atoms with van der Waals surface area (Å²) in [4.78, 5) is 24.6. The van der Waals surface area contributed by atoms with Crippen molar-refractivity contribution in [3.05, 3.63) is 36.5 Å². The molecule has 0 aliphatic heterocycles. The largest absolute Gasteiger partial charge is 0.466 e. The van der Waals surface area contributed by atoms with Crippen molar-refractivity contribution in [2.24, 2.45) is 0 Å². The lowest BCUT2D eigenvalue weighted by Gasteiger charge is -2.20. The molecule has 0 fully saturated rings. The van der Waals surface area contributed by atoms with Gasteiger partial charge in [-0.2, -0.15) is 0 Å². The average molecular weight is 1220 g/mol. The van der Waals surface area contributed by atoms with Crippen LogP contribution in [0.2, 0.25) is 0 Å². The van der Waals surface area contributed by atoms with Gasteiger partial charge in [-0.15, -0.1) is 0 Å². The second-order valence-corrected chi connectivity index (χ2v) is 27.4. The van der Waals surface area contributed by atoms with Crippen LogP contribution in [0.3, 0.4) is 0 Å². The van der Waals surface area contributed by atoms with Gasteiger partial charge < -0.3 is 20.3 Å². The first-order valence-corrected chi connectivity index (χ1v) is 39.8. The molecule has 3 N–H and O–H groups in total. The minimum atomic E-state index is -0.844. The Morgan fingerprint density at radius 1 is 0.310 bits per heavy atom. The maximum absolute atomic E-state index is 12.5. The zero-order chi connectivity index (χ0) is 62.8. The van der Waals surface area contributed by atoms with E-state index in [0.29, 0.717) is 19.4 Å². The van der Waals surface area contributed by atoms with Crippen molar-refractivity contribution in [1.82, 2.24) is 5.32 Å². The Morgan fingerprint density at radius 3 is 0.816 bits per heavy atom. The molecule has 0 aliphatic carbocycles. The van der Waals surface area contributed by atoms with Crippen LogP contribution >= 0.6 is 0 Å². The summed E-state index contributed by atoms with van der Waals surface area (Å²) < 4.78 is 5.50. The molecule has 0 saturated carbocycles. The van der Waals surface area contributed by atoms with Crippen LogP contribution in [0.5, 0.6) is 0 Å². The number of allylic oxidation sites excluding steroid dienone is 5. The molecule has 6 heteroatoms. The Balaban J connectivity index is 3.38. The predicted octanol–water partition coefficient (Wildman–Crippen LogP) is 26.2. The van der Waals surface area contributed by atoms with Gasteiger partial charge in [-0.1, -0.05) is 384 Å². The highest BCUT2D eigenvalue weighted by Crippen LogP contribution is 2.19. The summed E-state index contributed by atoms with van der Waals surface area (Å²) in [5.41, 5.74) is 0. The third-order valence-corrected chi connectivity index (χ3v) is 18.6. The van der Waals surface area contributed by atoms with Crippen molar-refractivity contribution in [3.8, 4) is 0 Å². The topological polar surface area (TPSA) is 95.9 Å². The van der Waals surface area contributed by atoms with Crippen molar-refractivity contribution in [3.63, 3.8) is 0 Å². The number of nitrogens with one attached hydrogen (secondary N) is 1. The Labute approximate surface area is 544 Å². The van der Waals surface area contributed by atoms with Gasteiger partial charge in [0, 0.05) is 12.8 Å². The number of aliphatic hydroxyl groups is 2. The second-order valence-electron chi connectivity index (χ2n) is 27.4. The number of hydrogen-bond acceptors (Lipinski definition) is 5. The number of hydrogen-bond donors (Lipinski definition) is 3. The van der Waals surface area contributed by atoms with Gasteiger partial charge in [0.1, 0.15) is 0 Å². The molecule has 0 spiro atoms. The van der Waals surface area contributed by atoms with Crippen LogP contribution in [-0.2, 0) is 14.3 Å². The van der Waals surface area contributed by atoms with Gasteiger partial charge in [-0.25, -0.2) is 0 Å². The summed E-state index contributed by atoms with van der Waals surface area (Å²) in [5.74, 6) is -0.0495. The third-order valence-electron chi connectivity index (χ3n) is 18.6. The molecule has 1 amide bonds. The van der Waals surface area contributed by atoms with Gasteiger partial charge in [-0.3, -0.25) is 9.59 Å². The number of carbonyl (C=O) groups excluding carboxylic acids is 2. The molecule has 2 unspecified atom stereocenters. The Morgan fingerprint density at radius 2 is 0.540 bits per heavy atom. The minimum absolute atomic E-state index is 0.0113. The van der Waals surface area contributed by atoms with Crippen LogP contribution in [0.25, 0.3) is 0 Å². The first kappa shape index (κ1) is 85.1. The summed E-state index contributed by atoms with van der Waals surface area (Å²) in [7, 11) is 0. The molecule has 87 heavy (non-hydrogen) atoms. The number of ether oxygens (including phenoxy) is 1. The lowest BCUT2D eigenvalue weighted by atomic mass is 10.0. The molecule has 0 bridgehead atoms. The molecule has 514 valence electrons. The normalized spacial score (nSPS) is 12.6. The maximum atomic E-state index is 12.5. The van der Waals surface area contributed by atoms with E-state index in [0.717, 1.165) is 44.9 Å². The van der Waals surface area contributed by atoms with E-state index < -0.39 is 12.1 Å². The van der Waals surface area contributed by atoms with E-state index in [1.54, 1.807) is 6.08 Å². The molecule has 0 aromatic carbocycles. The summed E-state index contributed by atoms with van der Waals surface area (Å²) >= 11 is 0. The van der Waals surface area contributed by atoms with E-state index in [1.807, 2.05) is 6.08 Å². The molecule has 0 heterocycles. The standard InChI is InChI=1S/C81H155NO5/c1-3-5-7-9-11-13-15-17-19-21-22-23-36-39-42-45-49-53-57-61-65-69-73-79(84)78(77-83)82-80(85)74-70-66-62-58-54-50-46-43-40-37-34-32-30-28-26-24-25-27-29-31-33-35-38-41-44-48-52-56-60-64-68-72-76-87-81(86)75-71-67-63-59-55-51-47-20-18-16-14-12-10-8-6-4-2/h20,27,29,47,69,73,78-79,83-84H,3-19,21-26,28,30-46,48-68,70-72,74-77H2,1-2H3,(H,82,85)/b29-27-,47-20-,73-69+. The van der Waals surface area contributed by atoms with Crippen LogP contribution < -0.4 is 5.32 Å². The van der Waals surface area contributed by atoms with Crippen molar-refractivity contribution in [2.45, 2.75) is 456 Å². The highest BCUT2D eigenvalue weighted by atomic mass is 16.5. The van der Waals surface area contributed by atoms with Crippen LogP contribution in [0.4, 0.5) is 0 Å². The Bertz CT molecular complexity index is 1410. The van der Waals surface area contributed by atoms with Crippen LogP contribution in [0.1, 0.15) is 444 Å². The third kappa shape index (κ3) is 73.0. The summed E-state index contributed by atoms with van der Waals surface area (Å²) in [5, 5.41) is 23.3. The molecule has 0 rings (SSSR count). The van der Waals surface area contributed by atoms with Gasteiger partial charge in [-0.05, 0) is 83.5 Å².